The zero-order chi connectivity index (χ0) is 12.1. The molecule has 1 N–H and O–H groups in total. The summed E-state index contributed by atoms with van der Waals surface area (Å²) in [5.74, 6) is 0.736. The number of ether oxygens (including phenoxy) is 1. The molecule has 0 saturated heterocycles. The van der Waals surface area contributed by atoms with Crippen LogP contribution in [0.4, 0.5) is 5.69 Å². The normalized spacial score (nSPS) is 9.69. The fourth-order valence-corrected chi connectivity index (χ4v) is 1.44. The van der Waals surface area contributed by atoms with Gasteiger partial charge in [0.05, 0.1) is 7.11 Å². The van der Waals surface area contributed by atoms with Crippen LogP contribution >= 0.6 is 0 Å². The molecule has 0 heterocycles. The number of methoxy groups -OCH3 is 1. The van der Waals surface area contributed by atoms with E-state index in [1.165, 1.54) is 6.92 Å². The monoisotopic (exact) mass is 219 g/mol. The number of hydrogen-bond acceptors (Lipinski definition) is 3. The number of rotatable bonds is 5. The number of ketones is 1. The molecule has 1 rings (SSSR count). The summed E-state index contributed by atoms with van der Waals surface area (Å²) in [6.07, 6.45) is 0. The summed E-state index contributed by atoms with van der Waals surface area (Å²) in [4.78, 5) is 11.3. The third-order valence-corrected chi connectivity index (χ3v) is 2.34. The second-order valence-corrected chi connectivity index (χ2v) is 3.48. The van der Waals surface area contributed by atoms with E-state index in [1.54, 1.807) is 7.11 Å². The van der Waals surface area contributed by atoms with Gasteiger partial charge in [-0.05, 0) is 26.0 Å². The van der Waals surface area contributed by atoms with Crippen LogP contribution in [0.25, 0.3) is 5.57 Å². The van der Waals surface area contributed by atoms with Gasteiger partial charge in [-0.15, -0.1) is 0 Å². The predicted octanol–water partition coefficient (Wildman–Crippen LogP) is 2.73. The molecule has 0 fully saturated rings. The maximum Gasteiger partial charge on any atom is 0.159 e. The van der Waals surface area contributed by atoms with Crippen molar-refractivity contribution in [1.82, 2.24) is 0 Å². The topological polar surface area (TPSA) is 38.3 Å². The summed E-state index contributed by atoms with van der Waals surface area (Å²) in [6, 6.07) is 5.54. The Balaban J connectivity index is 3.17. The minimum atomic E-state index is -0.0238. The van der Waals surface area contributed by atoms with Gasteiger partial charge in [-0.2, -0.15) is 0 Å². The smallest absolute Gasteiger partial charge is 0.159 e. The van der Waals surface area contributed by atoms with E-state index in [9.17, 15) is 4.79 Å². The minimum absolute atomic E-state index is 0.0238. The van der Waals surface area contributed by atoms with Gasteiger partial charge in [0.15, 0.2) is 5.78 Å². The number of carbonyl (C=O) groups excluding carboxylic acids is 1. The fourth-order valence-electron chi connectivity index (χ4n) is 1.44. The molecule has 0 saturated carbocycles. The number of nitrogens with one attached hydrogen (secondary N) is 1. The molecule has 0 aliphatic carbocycles. The van der Waals surface area contributed by atoms with Crippen molar-refractivity contribution < 1.29 is 9.53 Å². The average molecular weight is 219 g/mol. The first-order valence-electron chi connectivity index (χ1n) is 5.22. The fraction of sp³-hybridized carbons (Fsp3) is 0.308. The third-order valence-electron chi connectivity index (χ3n) is 2.34. The van der Waals surface area contributed by atoms with Crippen LogP contribution in [0.15, 0.2) is 24.8 Å². The molecule has 86 valence electrons. The average Bonchev–Trinajstić information content (AvgIpc) is 2.28. The molecule has 1 aromatic carbocycles. The van der Waals surface area contributed by atoms with Crippen molar-refractivity contribution in [3.8, 4) is 5.75 Å². The number of anilines is 1. The number of hydrogen-bond donors (Lipinski definition) is 1. The zero-order valence-electron chi connectivity index (χ0n) is 9.96. The van der Waals surface area contributed by atoms with Crippen LogP contribution in [-0.2, 0) is 4.79 Å². The molecule has 0 aliphatic heterocycles. The van der Waals surface area contributed by atoms with E-state index in [0.29, 0.717) is 5.57 Å². The molecule has 3 nitrogen and oxygen atoms in total. The van der Waals surface area contributed by atoms with Gasteiger partial charge in [0, 0.05) is 29.4 Å². The van der Waals surface area contributed by atoms with Crippen LogP contribution in [0.3, 0.4) is 0 Å². The molecule has 0 bridgehead atoms. The highest BCUT2D eigenvalue weighted by atomic mass is 16.5. The van der Waals surface area contributed by atoms with Crippen LogP contribution in [0, 0.1) is 0 Å². The lowest BCUT2D eigenvalue weighted by Gasteiger charge is -2.12. The van der Waals surface area contributed by atoms with Crippen LogP contribution in [0.1, 0.15) is 19.4 Å². The Morgan fingerprint density at radius 1 is 1.50 bits per heavy atom. The molecule has 1 aromatic rings. The molecule has 0 unspecified atom stereocenters. The predicted molar refractivity (Wildman–Crippen MR) is 66.9 cm³/mol. The highest BCUT2D eigenvalue weighted by Gasteiger charge is 2.10. The van der Waals surface area contributed by atoms with Crippen molar-refractivity contribution in [1.29, 1.82) is 0 Å². The Bertz CT molecular complexity index is 410. The summed E-state index contributed by atoms with van der Waals surface area (Å²) < 4.78 is 5.14. The van der Waals surface area contributed by atoms with Crippen molar-refractivity contribution in [2.45, 2.75) is 13.8 Å². The number of allylic oxidation sites excluding steroid dienone is 1. The van der Waals surface area contributed by atoms with E-state index >= 15 is 0 Å². The Morgan fingerprint density at radius 3 is 2.69 bits per heavy atom. The molecule has 0 spiro atoms. The van der Waals surface area contributed by atoms with Gasteiger partial charge in [-0.1, -0.05) is 6.58 Å². The molecule has 0 radical (unpaired) electrons. The van der Waals surface area contributed by atoms with Gasteiger partial charge in [-0.3, -0.25) is 4.79 Å². The van der Waals surface area contributed by atoms with Gasteiger partial charge < -0.3 is 10.1 Å². The van der Waals surface area contributed by atoms with Gasteiger partial charge in [0.25, 0.3) is 0 Å². The van der Waals surface area contributed by atoms with Crippen LogP contribution in [0.5, 0.6) is 5.75 Å². The van der Waals surface area contributed by atoms with E-state index < -0.39 is 0 Å². The van der Waals surface area contributed by atoms with Gasteiger partial charge >= 0.3 is 0 Å². The maximum absolute atomic E-state index is 11.3. The third kappa shape index (κ3) is 2.63. The van der Waals surface area contributed by atoms with Crippen molar-refractivity contribution >= 4 is 17.0 Å². The highest BCUT2D eigenvalue weighted by molar-refractivity contribution is 6.20. The van der Waals surface area contributed by atoms with E-state index in [0.717, 1.165) is 23.5 Å². The van der Waals surface area contributed by atoms with E-state index in [4.69, 9.17) is 4.74 Å². The Hall–Kier alpha value is -1.77. The first kappa shape index (κ1) is 12.3. The second-order valence-electron chi connectivity index (χ2n) is 3.48. The second kappa shape index (κ2) is 5.35. The van der Waals surface area contributed by atoms with Crippen molar-refractivity contribution in [3.63, 3.8) is 0 Å². The number of benzene rings is 1. The zero-order valence-corrected chi connectivity index (χ0v) is 9.96. The summed E-state index contributed by atoms with van der Waals surface area (Å²) in [5, 5.41) is 3.19. The van der Waals surface area contributed by atoms with Crippen LogP contribution < -0.4 is 10.1 Å². The molecule has 0 atom stereocenters. The largest absolute Gasteiger partial charge is 0.497 e. The summed E-state index contributed by atoms with van der Waals surface area (Å²) in [5.41, 5.74) is 2.22. The lowest BCUT2D eigenvalue weighted by molar-refractivity contribution is -0.111. The Kier molecular flexibility index (Phi) is 4.11. The van der Waals surface area contributed by atoms with Crippen LogP contribution in [-0.4, -0.2) is 19.4 Å². The van der Waals surface area contributed by atoms with Crippen molar-refractivity contribution in [2.24, 2.45) is 0 Å². The summed E-state index contributed by atoms with van der Waals surface area (Å²) in [7, 11) is 1.62. The molecule has 0 amide bonds. The number of Topliss-reactive ketones (excluding diaryl/α,β-unsaturated/α-hetero) is 1. The van der Waals surface area contributed by atoms with Gasteiger partial charge in [0.2, 0.25) is 0 Å². The SMILES string of the molecule is C=C(C(C)=O)c1ccc(OC)cc1NCC. The molecular formula is C13H17NO2. The molecule has 0 aromatic heterocycles. The molecular weight excluding hydrogens is 202 g/mol. The van der Waals surface area contributed by atoms with E-state index in [-0.39, 0.29) is 5.78 Å². The molecule has 3 heteroatoms. The highest BCUT2D eigenvalue weighted by Crippen LogP contribution is 2.27. The Morgan fingerprint density at radius 2 is 2.19 bits per heavy atom. The minimum Gasteiger partial charge on any atom is -0.497 e. The van der Waals surface area contributed by atoms with Crippen molar-refractivity contribution in [3.05, 3.63) is 30.3 Å². The molecule has 0 aliphatic rings. The van der Waals surface area contributed by atoms with Gasteiger partial charge in [-0.25, -0.2) is 0 Å². The lowest BCUT2D eigenvalue weighted by atomic mass is 10.0. The quantitative estimate of drug-likeness (QED) is 0.774. The van der Waals surface area contributed by atoms with Crippen molar-refractivity contribution in [2.75, 3.05) is 19.0 Å². The standard InChI is InChI=1S/C13H17NO2/c1-5-14-13-8-11(16-4)6-7-12(13)9(2)10(3)15/h6-8,14H,2,5H2,1,3-4H3. The van der Waals surface area contributed by atoms with Gasteiger partial charge in [0.1, 0.15) is 5.75 Å². The Labute approximate surface area is 96.1 Å². The van der Waals surface area contributed by atoms with Crippen LogP contribution in [0.2, 0.25) is 0 Å². The first-order valence-corrected chi connectivity index (χ1v) is 5.22. The van der Waals surface area contributed by atoms with E-state index in [2.05, 4.69) is 11.9 Å². The molecule has 16 heavy (non-hydrogen) atoms. The first-order chi connectivity index (χ1) is 7.60. The summed E-state index contributed by atoms with van der Waals surface area (Å²) in [6.45, 7) is 8.09. The summed E-state index contributed by atoms with van der Waals surface area (Å²) >= 11 is 0. The lowest BCUT2D eigenvalue weighted by Crippen LogP contribution is -2.03. The maximum atomic E-state index is 11.3. The van der Waals surface area contributed by atoms with E-state index in [1.807, 2.05) is 25.1 Å². The number of carbonyl (C=O) groups is 1.